The van der Waals surface area contributed by atoms with Gasteiger partial charge in [-0.2, -0.15) is 0 Å². The molecule has 0 atom stereocenters. The minimum Gasteiger partial charge on any atom is -0.396 e. The van der Waals surface area contributed by atoms with Crippen molar-refractivity contribution in [1.29, 1.82) is 0 Å². The fourth-order valence-electron chi connectivity index (χ4n) is 4.14. The van der Waals surface area contributed by atoms with E-state index in [2.05, 4.69) is 0 Å². The summed E-state index contributed by atoms with van der Waals surface area (Å²) in [5.41, 5.74) is 1.96. The van der Waals surface area contributed by atoms with Crippen LogP contribution >= 0.6 is 0 Å². The van der Waals surface area contributed by atoms with Crippen LogP contribution in [0.4, 0.5) is 0 Å². The molecule has 2 fully saturated rings. The third-order valence-corrected chi connectivity index (χ3v) is 5.82. The van der Waals surface area contributed by atoms with Crippen molar-refractivity contribution < 1.29 is 14.7 Å². The average Bonchev–Trinajstić information content (AvgIpc) is 2.63. The third-order valence-electron chi connectivity index (χ3n) is 5.82. The maximum Gasteiger partial charge on any atom is 0.254 e. The zero-order valence-corrected chi connectivity index (χ0v) is 15.0. The van der Waals surface area contributed by atoms with Gasteiger partial charge in [0.05, 0.1) is 0 Å². The van der Waals surface area contributed by atoms with E-state index < -0.39 is 0 Å². The largest absolute Gasteiger partial charge is 0.396 e. The van der Waals surface area contributed by atoms with Gasteiger partial charge in [0.2, 0.25) is 5.91 Å². The van der Waals surface area contributed by atoms with E-state index in [-0.39, 0.29) is 23.8 Å². The van der Waals surface area contributed by atoms with Crippen LogP contribution in [0.15, 0.2) is 24.3 Å². The van der Waals surface area contributed by atoms with Crippen LogP contribution in [-0.2, 0) is 4.79 Å². The zero-order valence-electron chi connectivity index (χ0n) is 15.0. The molecular weight excluding hydrogens is 316 g/mol. The van der Waals surface area contributed by atoms with Gasteiger partial charge in [-0.15, -0.1) is 0 Å². The Morgan fingerprint density at radius 1 is 1.20 bits per heavy atom. The van der Waals surface area contributed by atoms with Crippen molar-refractivity contribution in [2.75, 3.05) is 32.8 Å². The van der Waals surface area contributed by atoms with Gasteiger partial charge in [0, 0.05) is 44.8 Å². The second kappa shape index (κ2) is 7.56. The van der Waals surface area contributed by atoms with E-state index in [9.17, 15) is 9.59 Å². The van der Waals surface area contributed by atoms with Crippen molar-refractivity contribution in [1.82, 2.24) is 9.80 Å². The molecule has 0 aliphatic carbocycles. The van der Waals surface area contributed by atoms with Crippen LogP contribution in [0.3, 0.4) is 0 Å². The molecular formula is C20H28N2O3. The number of rotatable bonds is 4. The van der Waals surface area contributed by atoms with Gasteiger partial charge in [0.25, 0.3) is 5.91 Å². The number of piperidine rings is 2. The first-order valence-electron chi connectivity index (χ1n) is 9.28. The summed E-state index contributed by atoms with van der Waals surface area (Å²) in [6.07, 6.45) is 4.06. The molecule has 2 aliphatic rings. The molecule has 5 nitrogen and oxygen atoms in total. The molecule has 1 aromatic rings. The predicted molar refractivity (Wildman–Crippen MR) is 96.3 cm³/mol. The summed E-state index contributed by atoms with van der Waals surface area (Å²) in [7, 11) is 0. The van der Waals surface area contributed by atoms with Gasteiger partial charge in [0.15, 0.2) is 0 Å². The topological polar surface area (TPSA) is 60.9 Å². The second-order valence-corrected chi connectivity index (χ2v) is 7.50. The number of carbonyl (C=O) groups excluding carboxylic acids is 2. The average molecular weight is 344 g/mol. The number of carbonyl (C=O) groups is 2. The molecule has 136 valence electrons. The second-order valence-electron chi connectivity index (χ2n) is 7.50. The molecule has 2 heterocycles. The lowest BCUT2D eigenvalue weighted by Crippen LogP contribution is -2.52. The quantitative estimate of drug-likeness (QED) is 0.911. The van der Waals surface area contributed by atoms with Crippen LogP contribution in [0.1, 0.15) is 48.0 Å². The van der Waals surface area contributed by atoms with E-state index in [4.69, 9.17) is 5.11 Å². The SMILES string of the molecule is Cc1ccccc1C(=O)N1CCC2(CCC(=O)N(CCCO)C2)CC1. The molecule has 0 bridgehead atoms. The molecule has 1 aromatic carbocycles. The number of nitrogens with zero attached hydrogens (tertiary/aromatic N) is 2. The Hall–Kier alpha value is -1.88. The Morgan fingerprint density at radius 2 is 1.92 bits per heavy atom. The Balaban J connectivity index is 1.62. The van der Waals surface area contributed by atoms with Crippen molar-refractivity contribution in [3.63, 3.8) is 0 Å². The minimum atomic E-state index is 0.121. The molecule has 0 radical (unpaired) electrons. The summed E-state index contributed by atoms with van der Waals surface area (Å²) >= 11 is 0. The molecule has 0 aromatic heterocycles. The Morgan fingerprint density at radius 3 is 2.60 bits per heavy atom. The molecule has 25 heavy (non-hydrogen) atoms. The number of hydrogen-bond donors (Lipinski definition) is 1. The summed E-state index contributed by atoms with van der Waals surface area (Å²) < 4.78 is 0. The highest BCUT2D eigenvalue weighted by Crippen LogP contribution is 2.40. The molecule has 2 saturated heterocycles. The first-order chi connectivity index (χ1) is 12.0. The predicted octanol–water partition coefficient (Wildman–Crippen LogP) is 2.22. The lowest BCUT2D eigenvalue weighted by Gasteiger charge is -2.47. The molecule has 1 spiro atoms. The summed E-state index contributed by atoms with van der Waals surface area (Å²) in [6, 6.07) is 7.75. The summed E-state index contributed by atoms with van der Waals surface area (Å²) in [6.45, 7) is 5.03. The van der Waals surface area contributed by atoms with Gasteiger partial charge in [-0.1, -0.05) is 18.2 Å². The highest BCUT2D eigenvalue weighted by molar-refractivity contribution is 5.95. The lowest BCUT2D eigenvalue weighted by atomic mass is 9.72. The number of aryl methyl sites for hydroxylation is 1. The Labute approximate surface area is 149 Å². The smallest absolute Gasteiger partial charge is 0.254 e. The normalized spacial score (nSPS) is 20.2. The van der Waals surface area contributed by atoms with Crippen molar-refractivity contribution in [2.24, 2.45) is 5.41 Å². The van der Waals surface area contributed by atoms with E-state index in [0.717, 1.165) is 50.0 Å². The fraction of sp³-hybridized carbons (Fsp3) is 0.600. The summed E-state index contributed by atoms with van der Waals surface area (Å²) in [5.74, 6) is 0.328. The summed E-state index contributed by atoms with van der Waals surface area (Å²) in [5, 5.41) is 9.03. The van der Waals surface area contributed by atoms with Crippen molar-refractivity contribution in [3.8, 4) is 0 Å². The van der Waals surface area contributed by atoms with E-state index in [1.165, 1.54) is 0 Å². The van der Waals surface area contributed by atoms with Crippen LogP contribution in [0.25, 0.3) is 0 Å². The van der Waals surface area contributed by atoms with Crippen LogP contribution in [0.2, 0.25) is 0 Å². The van der Waals surface area contributed by atoms with E-state index in [1.54, 1.807) is 0 Å². The number of aliphatic hydroxyl groups excluding tert-OH is 1. The third kappa shape index (κ3) is 3.87. The van der Waals surface area contributed by atoms with Gasteiger partial charge in [-0.05, 0) is 49.7 Å². The van der Waals surface area contributed by atoms with E-state index >= 15 is 0 Å². The molecule has 2 amide bonds. The monoisotopic (exact) mass is 344 g/mol. The number of likely N-dealkylation sites (tertiary alicyclic amines) is 2. The van der Waals surface area contributed by atoms with Gasteiger partial charge in [-0.3, -0.25) is 9.59 Å². The molecule has 2 aliphatic heterocycles. The maximum atomic E-state index is 12.8. The molecule has 0 unspecified atom stereocenters. The van der Waals surface area contributed by atoms with Gasteiger partial charge in [0.1, 0.15) is 0 Å². The Kier molecular flexibility index (Phi) is 5.42. The number of hydrogen-bond acceptors (Lipinski definition) is 3. The molecule has 5 heteroatoms. The van der Waals surface area contributed by atoms with Crippen molar-refractivity contribution >= 4 is 11.8 Å². The van der Waals surface area contributed by atoms with Crippen LogP contribution in [-0.4, -0.2) is 59.5 Å². The molecule has 1 N–H and O–H groups in total. The minimum absolute atomic E-state index is 0.121. The van der Waals surface area contributed by atoms with Crippen LogP contribution in [0.5, 0.6) is 0 Å². The number of amides is 2. The van der Waals surface area contributed by atoms with E-state index in [0.29, 0.717) is 19.4 Å². The standard InChI is InChI=1S/C20H28N2O3/c1-16-5-2-3-6-17(16)19(25)21-12-9-20(10-13-21)8-7-18(24)22(15-20)11-4-14-23/h2-3,5-6,23H,4,7-15H2,1H3. The number of benzene rings is 1. The van der Waals surface area contributed by atoms with E-state index in [1.807, 2.05) is 41.0 Å². The van der Waals surface area contributed by atoms with Gasteiger partial charge >= 0.3 is 0 Å². The fourth-order valence-corrected chi connectivity index (χ4v) is 4.14. The highest BCUT2D eigenvalue weighted by atomic mass is 16.3. The number of aliphatic hydroxyl groups is 1. The van der Waals surface area contributed by atoms with Gasteiger partial charge < -0.3 is 14.9 Å². The zero-order chi connectivity index (χ0) is 17.9. The van der Waals surface area contributed by atoms with Crippen molar-refractivity contribution in [3.05, 3.63) is 35.4 Å². The lowest BCUT2D eigenvalue weighted by molar-refractivity contribution is -0.139. The molecule has 3 rings (SSSR count). The van der Waals surface area contributed by atoms with Crippen LogP contribution in [0, 0.1) is 12.3 Å². The van der Waals surface area contributed by atoms with Crippen LogP contribution < -0.4 is 0 Å². The first-order valence-corrected chi connectivity index (χ1v) is 9.28. The Bertz CT molecular complexity index is 636. The first kappa shape index (κ1) is 17.9. The highest BCUT2D eigenvalue weighted by Gasteiger charge is 2.41. The van der Waals surface area contributed by atoms with Gasteiger partial charge in [-0.25, -0.2) is 0 Å². The molecule has 0 saturated carbocycles. The van der Waals surface area contributed by atoms with Crippen molar-refractivity contribution in [2.45, 2.75) is 39.0 Å². The summed E-state index contributed by atoms with van der Waals surface area (Å²) in [4.78, 5) is 28.8. The maximum absolute atomic E-state index is 12.8.